The third-order valence-electron chi connectivity index (χ3n) is 6.55. The zero-order chi connectivity index (χ0) is 23.7. The molecule has 2 aliphatic heterocycles. The zero-order valence-electron chi connectivity index (χ0n) is 19.0. The third-order valence-corrected chi connectivity index (χ3v) is 7.68. The Bertz CT molecular complexity index is 1280. The van der Waals surface area contributed by atoms with E-state index in [1.54, 1.807) is 12.1 Å². The minimum absolute atomic E-state index is 0.0759. The molecule has 3 aromatic carbocycles. The number of carbonyl (C=O) groups is 1. The highest BCUT2D eigenvalue weighted by Crippen LogP contribution is 2.35. The van der Waals surface area contributed by atoms with E-state index in [4.69, 9.17) is 9.47 Å². The lowest BCUT2D eigenvalue weighted by molar-refractivity contribution is -0.148. The predicted octanol–water partition coefficient (Wildman–Crippen LogP) is 4.54. The fourth-order valence-electron chi connectivity index (χ4n) is 4.58. The van der Waals surface area contributed by atoms with E-state index in [9.17, 15) is 13.2 Å². The van der Waals surface area contributed by atoms with Crippen molar-refractivity contribution in [2.75, 3.05) is 19.3 Å². The van der Waals surface area contributed by atoms with E-state index in [1.165, 1.54) is 6.26 Å². The largest absolute Gasteiger partial charge is 0.464 e. The molecule has 1 fully saturated rings. The second-order valence-electron chi connectivity index (χ2n) is 8.91. The van der Waals surface area contributed by atoms with Gasteiger partial charge in [0.1, 0.15) is 5.75 Å². The Kier molecular flexibility index (Phi) is 6.15. The molecule has 0 aliphatic carbocycles. The van der Waals surface area contributed by atoms with Gasteiger partial charge in [0.05, 0.1) is 11.5 Å². The molecular formula is C27H27NO5S. The van der Waals surface area contributed by atoms with Crippen LogP contribution in [-0.2, 0) is 21.2 Å². The molecule has 0 N–H and O–H groups in total. The topological polar surface area (TPSA) is 72.9 Å². The van der Waals surface area contributed by atoms with Gasteiger partial charge in [-0.2, -0.15) is 0 Å². The molecule has 1 atom stereocenters. The normalized spacial score (nSPS) is 18.7. The van der Waals surface area contributed by atoms with E-state index in [1.807, 2.05) is 65.6 Å². The van der Waals surface area contributed by atoms with Gasteiger partial charge in [-0.1, -0.05) is 36.4 Å². The quantitative estimate of drug-likeness (QED) is 0.552. The van der Waals surface area contributed by atoms with E-state index in [-0.39, 0.29) is 18.1 Å². The number of piperidine rings is 1. The van der Waals surface area contributed by atoms with Gasteiger partial charge < -0.3 is 14.4 Å². The fraction of sp³-hybridized carbons (Fsp3) is 0.296. The van der Waals surface area contributed by atoms with E-state index in [0.29, 0.717) is 24.6 Å². The summed E-state index contributed by atoms with van der Waals surface area (Å²) < 4.78 is 35.7. The second-order valence-corrected chi connectivity index (χ2v) is 10.9. The first kappa shape index (κ1) is 22.6. The molecule has 0 unspecified atom stereocenters. The highest BCUT2D eigenvalue weighted by molar-refractivity contribution is 7.90. The van der Waals surface area contributed by atoms with Crippen LogP contribution in [0.2, 0.25) is 0 Å². The smallest absolute Gasteiger partial charge is 0.253 e. The molecule has 6 nitrogen and oxygen atoms in total. The molecule has 0 radical (unpaired) electrons. The number of nitrogens with zero attached hydrogens (tertiary/aromatic N) is 1. The molecule has 5 rings (SSSR count). The number of amides is 1. The summed E-state index contributed by atoms with van der Waals surface area (Å²) >= 11 is 0. The van der Waals surface area contributed by atoms with Gasteiger partial charge in [0.25, 0.3) is 5.91 Å². The minimum atomic E-state index is -3.22. The maximum Gasteiger partial charge on any atom is 0.253 e. The van der Waals surface area contributed by atoms with Gasteiger partial charge >= 0.3 is 0 Å². The summed E-state index contributed by atoms with van der Waals surface area (Å²) in [5.41, 5.74) is 3.62. The van der Waals surface area contributed by atoms with Crippen molar-refractivity contribution in [2.45, 2.75) is 30.6 Å². The third kappa shape index (κ3) is 4.72. The summed E-state index contributed by atoms with van der Waals surface area (Å²) in [6, 6.07) is 22.2. The molecule has 0 saturated carbocycles. The second kappa shape index (κ2) is 9.24. The van der Waals surface area contributed by atoms with Crippen LogP contribution in [0.4, 0.5) is 0 Å². The Morgan fingerprint density at radius 1 is 0.912 bits per heavy atom. The van der Waals surface area contributed by atoms with Crippen LogP contribution in [0.5, 0.6) is 5.75 Å². The van der Waals surface area contributed by atoms with Gasteiger partial charge in [0.2, 0.25) is 6.29 Å². The highest BCUT2D eigenvalue weighted by Gasteiger charge is 2.33. The summed E-state index contributed by atoms with van der Waals surface area (Å²) in [7, 11) is -3.22. The summed E-state index contributed by atoms with van der Waals surface area (Å²) in [4.78, 5) is 14.9. The summed E-state index contributed by atoms with van der Waals surface area (Å²) in [6.07, 6.45) is 2.56. The van der Waals surface area contributed by atoms with Crippen molar-refractivity contribution in [1.82, 2.24) is 4.90 Å². The van der Waals surface area contributed by atoms with Crippen LogP contribution >= 0.6 is 0 Å². The maximum absolute atomic E-state index is 12.7. The Labute approximate surface area is 200 Å². The van der Waals surface area contributed by atoms with Crippen LogP contribution < -0.4 is 4.74 Å². The molecule has 0 aromatic heterocycles. The lowest BCUT2D eigenvalue weighted by atomic mass is 9.94. The maximum atomic E-state index is 12.7. The molecule has 1 amide bonds. The first-order valence-corrected chi connectivity index (χ1v) is 13.3. The van der Waals surface area contributed by atoms with Gasteiger partial charge in [0.15, 0.2) is 9.84 Å². The molecule has 0 spiro atoms. The van der Waals surface area contributed by atoms with Crippen molar-refractivity contribution in [3.8, 4) is 16.9 Å². The molecule has 1 saturated heterocycles. The van der Waals surface area contributed by atoms with E-state index >= 15 is 0 Å². The molecular weight excluding hydrogens is 450 g/mol. The Morgan fingerprint density at radius 3 is 2.26 bits per heavy atom. The first-order chi connectivity index (χ1) is 16.4. The molecule has 0 bridgehead atoms. The number of carbonyl (C=O) groups excluding carboxylic acids is 1. The van der Waals surface area contributed by atoms with Crippen molar-refractivity contribution in [2.24, 2.45) is 5.92 Å². The van der Waals surface area contributed by atoms with Gasteiger partial charge in [0, 0.05) is 36.4 Å². The Morgan fingerprint density at radius 2 is 1.59 bits per heavy atom. The first-order valence-electron chi connectivity index (χ1n) is 11.4. The number of ether oxygens (including phenoxy) is 2. The number of hydrogen-bond acceptors (Lipinski definition) is 5. The van der Waals surface area contributed by atoms with Crippen LogP contribution in [0, 0.1) is 5.92 Å². The molecule has 176 valence electrons. The van der Waals surface area contributed by atoms with E-state index in [0.717, 1.165) is 40.8 Å². The fourth-order valence-corrected chi connectivity index (χ4v) is 5.21. The molecule has 2 aliphatic rings. The zero-order valence-corrected chi connectivity index (χ0v) is 19.8. The Hall–Kier alpha value is -3.16. The molecule has 3 aromatic rings. The monoisotopic (exact) mass is 477 g/mol. The average molecular weight is 478 g/mol. The molecule has 2 heterocycles. The van der Waals surface area contributed by atoms with E-state index in [2.05, 4.69) is 0 Å². The summed E-state index contributed by atoms with van der Waals surface area (Å²) in [5, 5.41) is 0. The van der Waals surface area contributed by atoms with Crippen LogP contribution in [0.25, 0.3) is 11.1 Å². The van der Waals surface area contributed by atoms with Crippen LogP contribution in [-0.4, -0.2) is 44.9 Å². The number of fused-ring (bicyclic) bond motifs is 1. The Balaban J connectivity index is 1.22. The number of sulfone groups is 1. The van der Waals surface area contributed by atoms with Crippen molar-refractivity contribution >= 4 is 15.7 Å². The number of hydrogen-bond donors (Lipinski definition) is 0. The number of rotatable bonds is 4. The van der Waals surface area contributed by atoms with Gasteiger partial charge in [-0.25, -0.2) is 8.42 Å². The number of likely N-dealkylation sites (tertiary alicyclic amines) is 1. The lowest BCUT2D eigenvalue weighted by Crippen LogP contribution is -2.44. The van der Waals surface area contributed by atoms with Gasteiger partial charge in [-0.15, -0.1) is 0 Å². The average Bonchev–Trinajstić information content (AvgIpc) is 2.88. The van der Waals surface area contributed by atoms with Crippen molar-refractivity contribution in [3.63, 3.8) is 0 Å². The summed E-state index contributed by atoms with van der Waals surface area (Å²) in [5.74, 6) is 1.12. The van der Waals surface area contributed by atoms with Crippen molar-refractivity contribution in [1.29, 1.82) is 0 Å². The predicted molar refractivity (Wildman–Crippen MR) is 129 cm³/mol. The molecule has 7 heteroatoms. The minimum Gasteiger partial charge on any atom is -0.464 e. The van der Waals surface area contributed by atoms with Crippen LogP contribution in [0.3, 0.4) is 0 Å². The lowest BCUT2D eigenvalue weighted by Gasteiger charge is -2.37. The van der Waals surface area contributed by atoms with Crippen LogP contribution in [0.1, 0.15) is 28.8 Å². The summed E-state index contributed by atoms with van der Waals surface area (Å²) in [6.45, 7) is 1.84. The van der Waals surface area contributed by atoms with Gasteiger partial charge in [-0.3, -0.25) is 4.79 Å². The standard InChI is InChI=1S/C27H27NO5S/c1-34(30,31)24-10-7-19(8-11-24)22-9-12-25-23(17-22)18-32-27(33-25)21-13-15-28(16-14-21)26(29)20-5-3-2-4-6-20/h2-12,17,21,27H,13-16,18H2,1H3/t27-/m0/s1. The molecule has 34 heavy (non-hydrogen) atoms. The van der Waals surface area contributed by atoms with Crippen molar-refractivity contribution in [3.05, 3.63) is 83.9 Å². The van der Waals surface area contributed by atoms with Crippen molar-refractivity contribution < 1.29 is 22.7 Å². The van der Waals surface area contributed by atoms with Crippen LogP contribution in [0.15, 0.2) is 77.7 Å². The SMILES string of the molecule is CS(=O)(=O)c1ccc(-c2ccc3c(c2)CO[C@H](C2CCN(C(=O)c4ccccc4)CC2)O3)cc1. The van der Waals surface area contributed by atoms with Gasteiger partial charge in [-0.05, 0) is 60.4 Å². The number of benzene rings is 3. The van der Waals surface area contributed by atoms with E-state index < -0.39 is 9.84 Å². The highest BCUT2D eigenvalue weighted by atomic mass is 32.2.